The van der Waals surface area contributed by atoms with Gasteiger partial charge in [-0.3, -0.25) is 0 Å². The lowest BCUT2D eigenvalue weighted by atomic mass is 10.1. The van der Waals surface area contributed by atoms with Crippen molar-refractivity contribution in [3.05, 3.63) is 54.2 Å². The van der Waals surface area contributed by atoms with Crippen LogP contribution < -0.4 is 14.9 Å². The van der Waals surface area contributed by atoms with Crippen LogP contribution in [-0.4, -0.2) is 63.0 Å². The number of likely N-dealkylation sites (N-methyl/N-ethyl adjacent to an activating group) is 1. The molecule has 1 aliphatic rings. The minimum absolute atomic E-state index is 0.530. The fourth-order valence-electron chi connectivity index (χ4n) is 4.08. The van der Waals surface area contributed by atoms with E-state index in [2.05, 4.69) is 48.2 Å². The molecule has 0 aliphatic carbocycles. The molecule has 0 spiro atoms. The standard InChI is InChI=1S/C24H27N7OS2/c1-3-30-9-11-31(12-10-30)22-8-7-19(14-25-22)27-24-26-15-21-23(28-24)20(16-33-21)17-5-4-6-18(13-17)29-34(2)32/h4-8,13-16,29H,3,9-12H2,1-2H3,(H,26,27,28). The highest BCUT2D eigenvalue weighted by atomic mass is 32.2. The maximum absolute atomic E-state index is 11.5. The van der Waals surface area contributed by atoms with Gasteiger partial charge in [0.1, 0.15) is 16.8 Å². The summed E-state index contributed by atoms with van der Waals surface area (Å²) in [6.07, 6.45) is 5.30. The van der Waals surface area contributed by atoms with Crippen LogP contribution in [-0.2, 0) is 11.0 Å². The predicted molar refractivity (Wildman–Crippen MR) is 142 cm³/mol. The van der Waals surface area contributed by atoms with Gasteiger partial charge in [0.25, 0.3) is 0 Å². The second-order valence-corrected chi connectivity index (χ2v) is 10.2. The molecule has 0 amide bonds. The summed E-state index contributed by atoms with van der Waals surface area (Å²) in [5, 5.41) is 5.37. The Morgan fingerprint density at radius 3 is 2.65 bits per heavy atom. The molecule has 2 N–H and O–H groups in total. The molecule has 5 rings (SSSR count). The molecule has 1 aromatic carbocycles. The fourth-order valence-corrected chi connectivity index (χ4v) is 5.41. The molecule has 0 saturated carbocycles. The van der Waals surface area contributed by atoms with Gasteiger partial charge in [0.05, 0.1) is 28.3 Å². The van der Waals surface area contributed by atoms with Gasteiger partial charge < -0.3 is 19.8 Å². The van der Waals surface area contributed by atoms with Crippen LogP contribution in [0.5, 0.6) is 0 Å². The lowest BCUT2D eigenvalue weighted by Gasteiger charge is -2.34. The van der Waals surface area contributed by atoms with E-state index in [9.17, 15) is 4.21 Å². The molecule has 176 valence electrons. The third-order valence-electron chi connectivity index (χ3n) is 5.90. The summed E-state index contributed by atoms with van der Waals surface area (Å²) in [4.78, 5) is 18.7. The number of anilines is 4. The third-order valence-corrected chi connectivity index (χ3v) is 7.33. The SMILES string of the molecule is CCN1CCN(c2ccc(Nc3ncc4scc(-c5cccc(NS(C)=O)c5)c4n3)cn2)CC1. The highest BCUT2D eigenvalue weighted by molar-refractivity contribution is 7.85. The lowest BCUT2D eigenvalue weighted by molar-refractivity contribution is 0.270. The van der Waals surface area contributed by atoms with Gasteiger partial charge in [-0.1, -0.05) is 19.1 Å². The first-order chi connectivity index (χ1) is 16.6. The molecule has 1 fully saturated rings. The van der Waals surface area contributed by atoms with Crippen LogP contribution in [0.1, 0.15) is 6.92 Å². The number of thiophene rings is 1. The monoisotopic (exact) mass is 493 g/mol. The van der Waals surface area contributed by atoms with E-state index >= 15 is 0 Å². The van der Waals surface area contributed by atoms with Crippen molar-refractivity contribution in [3.8, 4) is 11.1 Å². The first kappa shape index (κ1) is 22.7. The lowest BCUT2D eigenvalue weighted by Crippen LogP contribution is -2.46. The van der Waals surface area contributed by atoms with E-state index < -0.39 is 11.0 Å². The Kier molecular flexibility index (Phi) is 6.70. The van der Waals surface area contributed by atoms with Crippen molar-refractivity contribution in [1.82, 2.24) is 19.9 Å². The van der Waals surface area contributed by atoms with E-state index in [1.54, 1.807) is 17.6 Å². The number of benzene rings is 1. The van der Waals surface area contributed by atoms with Gasteiger partial charge in [-0.15, -0.1) is 11.3 Å². The number of hydrogen-bond donors (Lipinski definition) is 2. The molecule has 4 aromatic rings. The molecule has 1 saturated heterocycles. The highest BCUT2D eigenvalue weighted by Crippen LogP contribution is 2.34. The van der Waals surface area contributed by atoms with E-state index in [1.165, 1.54) is 0 Å². The van der Waals surface area contributed by atoms with E-state index in [4.69, 9.17) is 4.98 Å². The molecule has 4 heterocycles. The molecule has 0 radical (unpaired) electrons. The topological polar surface area (TPSA) is 86.3 Å². The minimum Gasteiger partial charge on any atom is -0.354 e. The number of nitrogens with zero attached hydrogens (tertiary/aromatic N) is 5. The van der Waals surface area contributed by atoms with Crippen LogP contribution in [0.4, 0.5) is 23.1 Å². The van der Waals surface area contributed by atoms with Crippen molar-refractivity contribution in [2.75, 3.05) is 53.9 Å². The van der Waals surface area contributed by atoms with Crippen molar-refractivity contribution < 1.29 is 4.21 Å². The van der Waals surface area contributed by atoms with Crippen molar-refractivity contribution >= 4 is 55.7 Å². The molecule has 3 aromatic heterocycles. The molecule has 1 atom stereocenters. The molecule has 1 unspecified atom stereocenters. The van der Waals surface area contributed by atoms with Crippen molar-refractivity contribution in [1.29, 1.82) is 0 Å². The Morgan fingerprint density at radius 2 is 1.91 bits per heavy atom. The third kappa shape index (κ3) is 5.03. The van der Waals surface area contributed by atoms with Gasteiger partial charge in [0.15, 0.2) is 0 Å². The van der Waals surface area contributed by atoms with Crippen LogP contribution >= 0.6 is 11.3 Å². The maximum atomic E-state index is 11.5. The summed E-state index contributed by atoms with van der Waals surface area (Å²) in [7, 11) is -1.12. The molecule has 0 bridgehead atoms. The normalized spacial score (nSPS) is 15.4. The predicted octanol–water partition coefficient (Wildman–Crippen LogP) is 4.34. The number of pyridine rings is 1. The van der Waals surface area contributed by atoms with Crippen LogP contribution in [0.25, 0.3) is 21.3 Å². The average Bonchev–Trinajstić information content (AvgIpc) is 3.28. The summed E-state index contributed by atoms with van der Waals surface area (Å²) in [6.45, 7) is 7.45. The number of hydrogen-bond acceptors (Lipinski definition) is 8. The Balaban J connectivity index is 1.34. The fraction of sp³-hybridized carbons (Fsp3) is 0.292. The number of rotatable bonds is 7. The quantitative estimate of drug-likeness (QED) is 0.396. The zero-order valence-electron chi connectivity index (χ0n) is 19.2. The number of nitrogens with one attached hydrogen (secondary N) is 2. The van der Waals surface area contributed by atoms with Crippen LogP contribution in [0.15, 0.2) is 54.2 Å². The second-order valence-electron chi connectivity index (χ2n) is 8.14. The molecular weight excluding hydrogens is 466 g/mol. The minimum atomic E-state index is -1.12. The Hall–Kier alpha value is -3.08. The van der Waals surface area contributed by atoms with Crippen molar-refractivity contribution in [3.63, 3.8) is 0 Å². The van der Waals surface area contributed by atoms with E-state index in [-0.39, 0.29) is 0 Å². The molecule has 1 aliphatic heterocycles. The van der Waals surface area contributed by atoms with Gasteiger partial charge in [0.2, 0.25) is 5.95 Å². The summed E-state index contributed by atoms with van der Waals surface area (Å²) in [5.74, 6) is 1.53. The largest absolute Gasteiger partial charge is 0.354 e. The molecular formula is C24H27N7OS2. The van der Waals surface area contributed by atoms with Crippen LogP contribution in [0.3, 0.4) is 0 Å². The van der Waals surface area contributed by atoms with E-state index in [1.807, 2.05) is 42.7 Å². The zero-order valence-corrected chi connectivity index (χ0v) is 20.8. The van der Waals surface area contributed by atoms with Gasteiger partial charge in [-0.05, 0) is 36.4 Å². The summed E-state index contributed by atoms with van der Waals surface area (Å²) in [5.41, 5.74) is 4.59. The average molecular weight is 494 g/mol. The van der Waals surface area contributed by atoms with Crippen molar-refractivity contribution in [2.24, 2.45) is 0 Å². The van der Waals surface area contributed by atoms with Gasteiger partial charge >= 0.3 is 0 Å². The first-order valence-corrected chi connectivity index (χ1v) is 13.7. The summed E-state index contributed by atoms with van der Waals surface area (Å²) < 4.78 is 15.5. The number of aromatic nitrogens is 3. The first-order valence-electron chi connectivity index (χ1n) is 11.2. The molecule has 8 nitrogen and oxygen atoms in total. The highest BCUT2D eigenvalue weighted by Gasteiger charge is 2.17. The second kappa shape index (κ2) is 10.0. The summed E-state index contributed by atoms with van der Waals surface area (Å²) in [6, 6.07) is 11.9. The number of piperazine rings is 1. The van der Waals surface area contributed by atoms with Crippen molar-refractivity contribution in [2.45, 2.75) is 6.92 Å². The molecule has 34 heavy (non-hydrogen) atoms. The molecule has 10 heteroatoms. The van der Waals surface area contributed by atoms with E-state index in [0.717, 1.165) is 71.3 Å². The van der Waals surface area contributed by atoms with Crippen LogP contribution in [0.2, 0.25) is 0 Å². The maximum Gasteiger partial charge on any atom is 0.227 e. The van der Waals surface area contributed by atoms with Gasteiger partial charge in [-0.25, -0.2) is 19.2 Å². The number of fused-ring (bicyclic) bond motifs is 1. The van der Waals surface area contributed by atoms with Crippen LogP contribution in [0, 0.1) is 0 Å². The smallest absolute Gasteiger partial charge is 0.227 e. The summed E-state index contributed by atoms with van der Waals surface area (Å²) >= 11 is 1.61. The Labute approximate surface area is 205 Å². The van der Waals surface area contributed by atoms with E-state index in [0.29, 0.717) is 5.95 Å². The Bertz CT molecular complexity index is 1300. The van der Waals surface area contributed by atoms with Gasteiger partial charge in [0, 0.05) is 49.1 Å². The van der Waals surface area contributed by atoms with Gasteiger partial charge in [-0.2, -0.15) is 0 Å². The Morgan fingerprint density at radius 1 is 1.06 bits per heavy atom. The zero-order chi connectivity index (χ0) is 23.5.